The van der Waals surface area contributed by atoms with E-state index < -0.39 is 11.7 Å². The molecule has 1 heterocycles. The lowest BCUT2D eigenvalue weighted by molar-refractivity contribution is -0.137. The lowest BCUT2D eigenvalue weighted by Crippen LogP contribution is -2.20. The molecule has 6 heteroatoms. The molecule has 1 aromatic heterocycles. The molecule has 0 saturated heterocycles. The van der Waals surface area contributed by atoms with Crippen LogP contribution in [0.2, 0.25) is 0 Å². The van der Waals surface area contributed by atoms with Gasteiger partial charge < -0.3 is 10.2 Å². The van der Waals surface area contributed by atoms with Gasteiger partial charge in [0.25, 0.3) is 0 Å². The van der Waals surface area contributed by atoms with Crippen molar-refractivity contribution in [3.8, 4) is 0 Å². The fraction of sp³-hybridized carbons (Fsp3) is 0.227. The molecule has 28 heavy (non-hydrogen) atoms. The van der Waals surface area contributed by atoms with E-state index in [0.29, 0.717) is 24.4 Å². The van der Waals surface area contributed by atoms with Crippen LogP contribution in [0, 0.1) is 0 Å². The Kier molecular flexibility index (Phi) is 7.04. The van der Waals surface area contributed by atoms with Gasteiger partial charge in [-0.25, -0.2) is 0 Å². The van der Waals surface area contributed by atoms with E-state index in [-0.39, 0.29) is 0 Å². The number of hydrogen-bond donors (Lipinski definition) is 1. The highest BCUT2D eigenvalue weighted by Crippen LogP contribution is 2.29. The summed E-state index contributed by atoms with van der Waals surface area (Å²) in [5, 5.41) is 3.20. The van der Waals surface area contributed by atoms with Gasteiger partial charge >= 0.3 is 6.18 Å². The van der Waals surface area contributed by atoms with Crippen LogP contribution < -0.4 is 5.32 Å². The average Bonchev–Trinajstić information content (AvgIpc) is 2.67. The third-order valence-electron chi connectivity index (χ3n) is 4.11. The maximum absolute atomic E-state index is 12.9. The Balaban J connectivity index is 2.06. The van der Waals surface area contributed by atoms with Crippen molar-refractivity contribution in [1.29, 1.82) is 0 Å². The van der Waals surface area contributed by atoms with Crippen molar-refractivity contribution in [2.45, 2.75) is 26.6 Å². The molecule has 1 aromatic carbocycles. The normalized spacial score (nSPS) is 11.8. The summed E-state index contributed by atoms with van der Waals surface area (Å²) in [6, 6.07) is 9.14. The standard InChI is InChI=1S/C22H24F3N3/c1-5-21-11-10-19(13-26-21)17(4)27-16(3)14-28(6-2)15-18-8-7-9-20(12-18)22(23,24)25/h5,7-14,27H,1,4,6,15H2,2-3H3/b16-14+. The van der Waals surface area contributed by atoms with Crippen LogP contribution in [-0.2, 0) is 12.7 Å². The maximum atomic E-state index is 12.9. The number of rotatable bonds is 8. The Morgan fingerprint density at radius 3 is 2.57 bits per heavy atom. The molecule has 0 aliphatic heterocycles. The molecule has 0 fully saturated rings. The molecule has 148 valence electrons. The van der Waals surface area contributed by atoms with Gasteiger partial charge in [-0.05, 0) is 49.8 Å². The summed E-state index contributed by atoms with van der Waals surface area (Å²) in [7, 11) is 0. The first-order valence-electron chi connectivity index (χ1n) is 8.86. The van der Waals surface area contributed by atoms with Crippen molar-refractivity contribution in [2.75, 3.05) is 6.54 Å². The van der Waals surface area contributed by atoms with E-state index in [4.69, 9.17) is 0 Å². The molecular formula is C22H24F3N3. The fourth-order valence-electron chi connectivity index (χ4n) is 2.65. The van der Waals surface area contributed by atoms with E-state index in [1.165, 1.54) is 12.1 Å². The zero-order chi connectivity index (χ0) is 20.7. The van der Waals surface area contributed by atoms with Gasteiger partial charge in [-0.1, -0.05) is 25.3 Å². The van der Waals surface area contributed by atoms with Crippen molar-refractivity contribution in [3.05, 3.63) is 90.0 Å². The van der Waals surface area contributed by atoms with Crippen LogP contribution in [0.1, 0.15) is 36.2 Å². The summed E-state index contributed by atoms with van der Waals surface area (Å²) in [6.45, 7) is 12.5. The lowest BCUT2D eigenvalue weighted by atomic mass is 10.1. The Bertz CT molecular complexity index is 852. The van der Waals surface area contributed by atoms with Gasteiger partial charge in [-0.3, -0.25) is 4.98 Å². The number of aromatic nitrogens is 1. The third kappa shape index (κ3) is 6.01. The summed E-state index contributed by atoms with van der Waals surface area (Å²) in [4.78, 5) is 6.18. The van der Waals surface area contributed by atoms with Gasteiger partial charge in [-0.15, -0.1) is 0 Å². The van der Waals surface area contributed by atoms with Gasteiger partial charge in [0.05, 0.1) is 11.3 Å². The molecule has 2 aromatic rings. The average molecular weight is 387 g/mol. The molecule has 3 nitrogen and oxygen atoms in total. The Morgan fingerprint density at radius 2 is 2.00 bits per heavy atom. The summed E-state index contributed by atoms with van der Waals surface area (Å²) < 4.78 is 38.7. The number of alkyl halides is 3. The second kappa shape index (κ2) is 9.26. The summed E-state index contributed by atoms with van der Waals surface area (Å²) in [6.07, 6.45) is 0.905. The van der Waals surface area contributed by atoms with Crippen molar-refractivity contribution in [1.82, 2.24) is 15.2 Å². The fourth-order valence-corrected chi connectivity index (χ4v) is 2.65. The summed E-state index contributed by atoms with van der Waals surface area (Å²) >= 11 is 0. The highest BCUT2D eigenvalue weighted by atomic mass is 19.4. The van der Waals surface area contributed by atoms with Crippen molar-refractivity contribution in [3.63, 3.8) is 0 Å². The third-order valence-corrected chi connectivity index (χ3v) is 4.11. The zero-order valence-corrected chi connectivity index (χ0v) is 16.1. The Hall–Kier alpha value is -3.02. The van der Waals surface area contributed by atoms with E-state index in [0.717, 1.165) is 23.0 Å². The van der Waals surface area contributed by atoms with Crippen molar-refractivity contribution < 1.29 is 13.2 Å². The molecule has 0 aliphatic carbocycles. The number of pyridine rings is 1. The largest absolute Gasteiger partial charge is 0.416 e. The van der Waals surface area contributed by atoms with E-state index in [2.05, 4.69) is 23.5 Å². The van der Waals surface area contributed by atoms with Gasteiger partial charge in [0, 0.05) is 42.4 Å². The molecule has 0 unspecified atom stereocenters. The first-order chi connectivity index (χ1) is 13.2. The molecular weight excluding hydrogens is 363 g/mol. The minimum absolute atomic E-state index is 0.376. The lowest BCUT2D eigenvalue weighted by Gasteiger charge is -2.21. The second-order valence-corrected chi connectivity index (χ2v) is 6.35. The summed E-state index contributed by atoms with van der Waals surface area (Å²) in [5.74, 6) is 0. The van der Waals surface area contributed by atoms with Crippen LogP contribution in [-0.4, -0.2) is 16.4 Å². The highest BCUT2D eigenvalue weighted by molar-refractivity contribution is 5.63. The molecule has 0 spiro atoms. The van der Waals surface area contributed by atoms with Crippen LogP contribution in [0.5, 0.6) is 0 Å². The van der Waals surface area contributed by atoms with Crippen LogP contribution in [0.3, 0.4) is 0 Å². The number of halogens is 3. The molecule has 0 atom stereocenters. The number of hydrogen-bond acceptors (Lipinski definition) is 3. The number of nitrogens with one attached hydrogen (secondary N) is 1. The quantitative estimate of drug-likeness (QED) is 0.631. The minimum atomic E-state index is -4.34. The first-order valence-corrected chi connectivity index (χ1v) is 8.86. The SMILES string of the molecule is C=Cc1ccc(C(=C)N/C(C)=C/N(CC)Cc2cccc(C(F)(F)F)c2)cn1. The maximum Gasteiger partial charge on any atom is 0.416 e. The summed E-state index contributed by atoms with van der Waals surface area (Å²) in [5.41, 5.74) is 3.10. The molecule has 0 bridgehead atoms. The Labute approximate surface area is 163 Å². The molecule has 0 radical (unpaired) electrons. The zero-order valence-electron chi connectivity index (χ0n) is 16.1. The van der Waals surface area contributed by atoms with Crippen LogP contribution in [0.25, 0.3) is 11.8 Å². The van der Waals surface area contributed by atoms with Gasteiger partial charge in [0.2, 0.25) is 0 Å². The molecule has 1 N–H and O–H groups in total. The Morgan fingerprint density at radius 1 is 1.25 bits per heavy atom. The van der Waals surface area contributed by atoms with Crippen LogP contribution in [0.15, 0.2) is 67.6 Å². The second-order valence-electron chi connectivity index (χ2n) is 6.35. The number of allylic oxidation sites excluding steroid dienone is 1. The first kappa shape index (κ1) is 21.3. The van der Waals surface area contributed by atoms with Gasteiger partial charge in [0.15, 0.2) is 0 Å². The van der Waals surface area contributed by atoms with E-state index >= 15 is 0 Å². The van der Waals surface area contributed by atoms with E-state index in [1.807, 2.05) is 37.1 Å². The number of nitrogens with zero attached hydrogens (tertiary/aromatic N) is 2. The van der Waals surface area contributed by atoms with Gasteiger partial charge in [0.1, 0.15) is 0 Å². The van der Waals surface area contributed by atoms with E-state index in [9.17, 15) is 13.2 Å². The van der Waals surface area contributed by atoms with E-state index in [1.54, 1.807) is 18.3 Å². The molecule has 0 saturated carbocycles. The van der Waals surface area contributed by atoms with Crippen LogP contribution >= 0.6 is 0 Å². The predicted octanol–water partition coefficient (Wildman–Crippen LogP) is 5.69. The molecule has 0 aliphatic rings. The highest BCUT2D eigenvalue weighted by Gasteiger charge is 2.30. The van der Waals surface area contributed by atoms with Crippen LogP contribution in [0.4, 0.5) is 13.2 Å². The van der Waals surface area contributed by atoms with Crippen molar-refractivity contribution >= 4 is 11.8 Å². The molecule has 2 rings (SSSR count). The topological polar surface area (TPSA) is 28.2 Å². The molecule has 0 amide bonds. The van der Waals surface area contributed by atoms with Crippen molar-refractivity contribution in [2.24, 2.45) is 0 Å². The number of benzene rings is 1. The smallest absolute Gasteiger partial charge is 0.372 e. The predicted molar refractivity (Wildman–Crippen MR) is 108 cm³/mol. The van der Waals surface area contributed by atoms with Gasteiger partial charge in [-0.2, -0.15) is 13.2 Å². The monoisotopic (exact) mass is 387 g/mol. The minimum Gasteiger partial charge on any atom is -0.372 e.